The highest BCUT2D eigenvalue weighted by atomic mass is 35.5. The van der Waals surface area contributed by atoms with E-state index >= 15 is 0 Å². The molecule has 2 aromatic carbocycles. The molecule has 7 heteroatoms. The summed E-state index contributed by atoms with van der Waals surface area (Å²) in [6.07, 6.45) is 0. The smallest absolute Gasteiger partial charge is 0.225 e. The fraction of sp³-hybridized carbons (Fsp3) is 0.0526. The first-order valence-corrected chi connectivity index (χ1v) is 9.01. The number of thiophene rings is 1. The van der Waals surface area contributed by atoms with Gasteiger partial charge in [-0.2, -0.15) is 4.98 Å². The van der Waals surface area contributed by atoms with Crippen LogP contribution in [-0.2, 0) is 0 Å². The van der Waals surface area contributed by atoms with Crippen molar-refractivity contribution in [3.63, 3.8) is 0 Å². The summed E-state index contributed by atoms with van der Waals surface area (Å²) >= 11 is 7.55. The predicted molar refractivity (Wildman–Crippen MR) is 104 cm³/mol. The number of hydrogen-bond acceptors (Lipinski definition) is 5. The number of aromatic nitrogens is 2. The van der Waals surface area contributed by atoms with Crippen molar-refractivity contribution in [3.05, 3.63) is 65.0 Å². The van der Waals surface area contributed by atoms with E-state index in [1.807, 2.05) is 29.6 Å². The van der Waals surface area contributed by atoms with Crippen LogP contribution in [0.3, 0.4) is 0 Å². The van der Waals surface area contributed by atoms with Crippen molar-refractivity contribution in [2.45, 2.75) is 0 Å². The molecular formula is C19H13ClFN3OS. The first kappa shape index (κ1) is 16.8. The van der Waals surface area contributed by atoms with Crippen molar-refractivity contribution < 1.29 is 9.13 Å². The minimum atomic E-state index is -0.327. The summed E-state index contributed by atoms with van der Waals surface area (Å²) in [6, 6.07) is 13.9. The Morgan fingerprint density at radius 2 is 1.92 bits per heavy atom. The third-order valence-electron chi connectivity index (χ3n) is 3.89. The third kappa shape index (κ3) is 3.21. The van der Waals surface area contributed by atoms with Gasteiger partial charge in [0.05, 0.1) is 12.5 Å². The SMILES string of the molecule is COc1ccc(-c2csc3nc(Cl)nc(Nc4cccc(F)c4)c23)cc1. The number of ether oxygens (including phenoxy) is 1. The van der Waals surface area contributed by atoms with E-state index in [4.69, 9.17) is 16.3 Å². The molecule has 2 heterocycles. The highest BCUT2D eigenvalue weighted by Crippen LogP contribution is 2.38. The number of halogens is 2. The van der Waals surface area contributed by atoms with Crippen LogP contribution in [0.15, 0.2) is 53.9 Å². The maximum absolute atomic E-state index is 13.5. The number of nitrogens with zero attached hydrogens (tertiary/aromatic N) is 2. The summed E-state index contributed by atoms with van der Waals surface area (Å²) in [5, 5.41) is 6.14. The molecule has 0 atom stereocenters. The van der Waals surface area contributed by atoms with Gasteiger partial charge in [-0.3, -0.25) is 0 Å². The van der Waals surface area contributed by atoms with Gasteiger partial charge >= 0.3 is 0 Å². The first-order chi connectivity index (χ1) is 12.6. The van der Waals surface area contributed by atoms with Crippen molar-refractivity contribution in [3.8, 4) is 16.9 Å². The van der Waals surface area contributed by atoms with Crippen molar-refractivity contribution in [1.29, 1.82) is 0 Å². The molecule has 0 unspecified atom stereocenters. The Bertz CT molecular complexity index is 1080. The average molecular weight is 386 g/mol. The minimum absolute atomic E-state index is 0.138. The van der Waals surface area contributed by atoms with Crippen molar-refractivity contribution in [2.75, 3.05) is 12.4 Å². The van der Waals surface area contributed by atoms with E-state index in [1.54, 1.807) is 19.2 Å². The zero-order valence-electron chi connectivity index (χ0n) is 13.7. The van der Waals surface area contributed by atoms with Gasteiger partial charge in [0.2, 0.25) is 5.28 Å². The fourth-order valence-electron chi connectivity index (χ4n) is 2.69. The molecule has 1 N–H and O–H groups in total. The second-order valence-electron chi connectivity index (χ2n) is 5.53. The quantitative estimate of drug-likeness (QED) is 0.444. The van der Waals surface area contributed by atoms with Crippen LogP contribution in [0, 0.1) is 5.82 Å². The molecule has 26 heavy (non-hydrogen) atoms. The van der Waals surface area contributed by atoms with E-state index in [-0.39, 0.29) is 11.1 Å². The molecule has 2 aromatic heterocycles. The molecule has 0 aliphatic carbocycles. The van der Waals surface area contributed by atoms with Crippen LogP contribution in [0.2, 0.25) is 5.28 Å². The van der Waals surface area contributed by atoms with Crippen LogP contribution in [0.25, 0.3) is 21.3 Å². The van der Waals surface area contributed by atoms with E-state index < -0.39 is 0 Å². The van der Waals surface area contributed by atoms with Gasteiger partial charge in [-0.05, 0) is 47.5 Å². The summed E-state index contributed by atoms with van der Waals surface area (Å²) in [4.78, 5) is 9.39. The Hall–Kier alpha value is -2.70. The predicted octanol–water partition coefficient (Wildman–Crippen LogP) is 5.90. The lowest BCUT2D eigenvalue weighted by Gasteiger charge is -2.09. The summed E-state index contributed by atoms with van der Waals surface area (Å²) in [7, 11) is 1.63. The Morgan fingerprint density at radius 1 is 1.12 bits per heavy atom. The van der Waals surface area contributed by atoms with Gasteiger partial charge in [-0.15, -0.1) is 11.3 Å². The second-order valence-corrected chi connectivity index (χ2v) is 6.73. The zero-order chi connectivity index (χ0) is 18.1. The van der Waals surface area contributed by atoms with Gasteiger partial charge in [0, 0.05) is 16.6 Å². The molecule has 4 rings (SSSR count). The van der Waals surface area contributed by atoms with E-state index in [0.29, 0.717) is 11.5 Å². The van der Waals surface area contributed by atoms with Crippen LogP contribution >= 0.6 is 22.9 Å². The Balaban J connectivity index is 1.84. The molecule has 0 bridgehead atoms. The van der Waals surface area contributed by atoms with Gasteiger partial charge in [-0.25, -0.2) is 9.37 Å². The number of benzene rings is 2. The summed E-state index contributed by atoms with van der Waals surface area (Å²) in [6.45, 7) is 0. The number of nitrogens with one attached hydrogen (secondary N) is 1. The van der Waals surface area contributed by atoms with E-state index in [2.05, 4.69) is 15.3 Å². The lowest BCUT2D eigenvalue weighted by atomic mass is 10.1. The van der Waals surface area contributed by atoms with Crippen LogP contribution < -0.4 is 10.1 Å². The molecule has 0 saturated carbocycles. The largest absolute Gasteiger partial charge is 0.497 e. The molecule has 0 fully saturated rings. The molecule has 0 saturated heterocycles. The lowest BCUT2D eigenvalue weighted by Crippen LogP contribution is -1.97. The van der Waals surface area contributed by atoms with Crippen LogP contribution in [0.4, 0.5) is 15.9 Å². The number of anilines is 2. The molecule has 0 amide bonds. The Kier molecular flexibility index (Phi) is 4.44. The molecule has 4 aromatic rings. The molecule has 0 aliphatic rings. The van der Waals surface area contributed by atoms with Crippen molar-refractivity contribution in [1.82, 2.24) is 9.97 Å². The summed E-state index contributed by atoms with van der Waals surface area (Å²) in [5.74, 6) is 0.996. The molecule has 0 spiro atoms. The second kappa shape index (κ2) is 6.90. The Labute approximate surface area is 158 Å². The van der Waals surface area contributed by atoms with Crippen LogP contribution in [-0.4, -0.2) is 17.1 Å². The van der Waals surface area contributed by atoms with Gasteiger partial charge in [0.1, 0.15) is 22.2 Å². The highest BCUT2D eigenvalue weighted by Gasteiger charge is 2.15. The van der Waals surface area contributed by atoms with Gasteiger partial charge in [0.15, 0.2) is 0 Å². The van der Waals surface area contributed by atoms with E-state index in [0.717, 1.165) is 27.1 Å². The average Bonchev–Trinajstić information content (AvgIpc) is 3.06. The normalized spacial score (nSPS) is 10.9. The van der Waals surface area contributed by atoms with E-state index in [9.17, 15) is 4.39 Å². The number of methoxy groups -OCH3 is 1. The number of fused-ring (bicyclic) bond motifs is 1. The summed E-state index contributed by atoms with van der Waals surface area (Å²) in [5.41, 5.74) is 2.57. The molecule has 130 valence electrons. The topological polar surface area (TPSA) is 47.0 Å². The van der Waals surface area contributed by atoms with Crippen LogP contribution in [0.5, 0.6) is 5.75 Å². The molecule has 0 aliphatic heterocycles. The standard InChI is InChI=1S/C19H13ClFN3OS/c1-25-14-7-5-11(6-8-14)15-10-26-18-16(15)17(23-19(20)24-18)22-13-4-2-3-12(21)9-13/h2-10H,1H3,(H,22,23,24). The molecular weight excluding hydrogens is 373 g/mol. The van der Waals surface area contributed by atoms with Crippen molar-refractivity contribution >= 4 is 44.7 Å². The highest BCUT2D eigenvalue weighted by molar-refractivity contribution is 7.17. The van der Waals surface area contributed by atoms with Gasteiger partial charge < -0.3 is 10.1 Å². The first-order valence-electron chi connectivity index (χ1n) is 7.76. The fourth-order valence-corrected chi connectivity index (χ4v) is 3.86. The molecule has 0 radical (unpaired) electrons. The molecule has 4 nitrogen and oxygen atoms in total. The number of rotatable bonds is 4. The third-order valence-corrected chi connectivity index (χ3v) is 4.94. The Morgan fingerprint density at radius 3 is 2.65 bits per heavy atom. The maximum Gasteiger partial charge on any atom is 0.225 e. The van der Waals surface area contributed by atoms with E-state index in [1.165, 1.54) is 23.5 Å². The van der Waals surface area contributed by atoms with Gasteiger partial charge in [0.25, 0.3) is 0 Å². The van der Waals surface area contributed by atoms with Gasteiger partial charge in [-0.1, -0.05) is 18.2 Å². The van der Waals surface area contributed by atoms with Crippen LogP contribution in [0.1, 0.15) is 0 Å². The minimum Gasteiger partial charge on any atom is -0.497 e. The monoisotopic (exact) mass is 385 g/mol. The zero-order valence-corrected chi connectivity index (χ0v) is 15.2. The summed E-state index contributed by atoms with van der Waals surface area (Å²) < 4.78 is 18.7. The lowest BCUT2D eigenvalue weighted by molar-refractivity contribution is 0.415. The van der Waals surface area contributed by atoms with Crippen molar-refractivity contribution in [2.24, 2.45) is 0 Å². The maximum atomic E-state index is 13.5. The number of hydrogen-bond donors (Lipinski definition) is 1.